The van der Waals surface area contributed by atoms with Crippen molar-refractivity contribution in [2.24, 2.45) is 5.73 Å². The van der Waals surface area contributed by atoms with Crippen molar-refractivity contribution in [2.75, 3.05) is 0 Å². The number of aromatic nitrogens is 2. The van der Waals surface area contributed by atoms with E-state index < -0.39 is 11.9 Å². The molecule has 0 saturated carbocycles. The number of hydrogen-bond donors (Lipinski definition) is 2. The molecule has 0 spiro atoms. The van der Waals surface area contributed by atoms with Crippen molar-refractivity contribution >= 4 is 29.5 Å². The van der Waals surface area contributed by atoms with E-state index >= 15 is 0 Å². The van der Waals surface area contributed by atoms with Crippen LogP contribution in [0.3, 0.4) is 0 Å². The van der Waals surface area contributed by atoms with Crippen LogP contribution in [0.15, 0.2) is 30.3 Å². The third-order valence-corrected chi connectivity index (χ3v) is 4.27. The second-order valence-corrected chi connectivity index (χ2v) is 6.21. The number of aryl methyl sites for hydroxylation is 1. The van der Waals surface area contributed by atoms with Crippen LogP contribution in [0.25, 0.3) is 6.08 Å². The topological polar surface area (TPSA) is 90.0 Å². The minimum absolute atomic E-state index is 0.385. The molecule has 6 nitrogen and oxygen atoms in total. The average molecular weight is 361 g/mol. The Morgan fingerprint density at radius 2 is 2.04 bits per heavy atom. The molecule has 1 atom stereocenters. The summed E-state index contributed by atoms with van der Waals surface area (Å²) < 4.78 is 1.85. The molecule has 0 fully saturated rings. The molecule has 0 saturated heterocycles. The van der Waals surface area contributed by atoms with Crippen molar-refractivity contribution < 1.29 is 9.59 Å². The van der Waals surface area contributed by atoms with Crippen LogP contribution < -0.4 is 11.1 Å². The highest BCUT2D eigenvalue weighted by molar-refractivity contribution is 6.31. The highest BCUT2D eigenvalue weighted by Gasteiger charge is 2.13. The summed E-state index contributed by atoms with van der Waals surface area (Å²) in [5.41, 5.74) is 8.68. The summed E-state index contributed by atoms with van der Waals surface area (Å²) >= 11 is 6.20. The van der Waals surface area contributed by atoms with Crippen molar-refractivity contribution in [2.45, 2.75) is 33.4 Å². The van der Waals surface area contributed by atoms with Gasteiger partial charge in [-0.25, -0.2) is 0 Å². The van der Waals surface area contributed by atoms with E-state index in [1.54, 1.807) is 6.08 Å². The van der Waals surface area contributed by atoms with Crippen molar-refractivity contribution in [3.05, 3.63) is 57.9 Å². The monoisotopic (exact) mass is 360 g/mol. The highest BCUT2D eigenvalue weighted by atomic mass is 35.5. The minimum Gasteiger partial charge on any atom is -0.368 e. The Morgan fingerprint density at radius 1 is 1.36 bits per heavy atom. The third-order valence-electron chi connectivity index (χ3n) is 3.90. The molecule has 0 aliphatic carbocycles. The van der Waals surface area contributed by atoms with Gasteiger partial charge in [-0.3, -0.25) is 14.3 Å². The van der Waals surface area contributed by atoms with Gasteiger partial charge in [-0.2, -0.15) is 5.10 Å². The lowest BCUT2D eigenvalue weighted by Crippen LogP contribution is -2.41. The van der Waals surface area contributed by atoms with Gasteiger partial charge in [-0.15, -0.1) is 0 Å². The number of nitrogens with one attached hydrogen (secondary N) is 1. The summed E-state index contributed by atoms with van der Waals surface area (Å²) in [5, 5.41) is 7.70. The second kappa shape index (κ2) is 7.98. The first-order valence-electron chi connectivity index (χ1n) is 7.85. The normalized spacial score (nSPS) is 12.3. The van der Waals surface area contributed by atoms with Gasteiger partial charge in [-0.05, 0) is 38.5 Å². The van der Waals surface area contributed by atoms with Crippen LogP contribution in [0.2, 0.25) is 5.02 Å². The fourth-order valence-electron chi connectivity index (χ4n) is 2.39. The molecular weight excluding hydrogens is 340 g/mol. The van der Waals surface area contributed by atoms with Crippen molar-refractivity contribution in [1.29, 1.82) is 0 Å². The summed E-state index contributed by atoms with van der Waals surface area (Å²) in [7, 11) is 0. The molecule has 0 radical (unpaired) electrons. The van der Waals surface area contributed by atoms with E-state index in [2.05, 4.69) is 10.4 Å². The maximum absolute atomic E-state index is 11.8. The van der Waals surface area contributed by atoms with Gasteiger partial charge >= 0.3 is 0 Å². The first kappa shape index (κ1) is 18.7. The molecule has 2 rings (SSSR count). The van der Waals surface area contributed by atoms with Gasteiger partial charge in [0.2, 0.25) is 11.8 Å². The summed E-state index contributed by atoms with van der Waals surface area (Å²) in [6.45, 7) is 5.89. The lowest BCUT2D eigenvalue weighted by atomic mass is 10.1. The standard InChI is InChI=1S/C18H21ClN4O2/c1-11-15(8-9-17(24)21-12(2)18(20)25)13(3)23(22-11)10-14-6-4-5-7-16(14)19/h4-9,12H,10H2,1-3H3,(H2,20,25)(H,21,24)/b9-8+. The number of nitrogens with two attached hydrogens (primary N) is 1. The van der Waals surface area contributed by atoms with Gasteiger partial charge in [0.05, 0.1) is 12.2 Å². The Labute approximate surface area is 151 Å². The largest absolute Gasteiger partial charge is 0.368 e. The van der Waals surface area contributed by atoms with Crippen molar-refractivity contribution in [1.82, 2.24) is 15.1 Å². The first-order chi connectivity index (χ1) is 11.8. The summed E-state index contributed by atoms with van der Waals surface area (Å²) in [5.74, 6) is -0.967. The van der Waals surface area contributed by atoms with E-state index in [4.69, 9.17) is 17.3 Å². The lowest BCUT2D eigenvalue weighted by Gasteiger charge is -2.07. The summed E-state index contributed by atoms with van der Waals surface area (Å²) in [6, 6.07) is 6.88. The van der Waals surface area contributed by atoms with E-state index in [1.165, 1.54) is 13.0 Å². The Bertz CT molecular complexity index is 826. The van der Waals surface area contributed by atoms with E-state index in [9.17, 15) is 9.59 Å². The predicted octanol–water partition coefficient (Wildman–Crippen LogP) is 2.20. The minimum atomic E-state index is -0.720. The van der Waals surface area contributed by atoms with Crippen LogP contribution in [0.4, 0.5) is 0 Å². The molecule has 1 heterocycles. The van der Waals surface area contributed by atoms with Gasteiger partial charge in [0.25, 0.3) is 0 Å². The van der Waals surface area contributed by atoms with Crippen LogP contribution in [-0.4, -0.2) is 27.6 Å². The van der Waals surface area contributed by atoms with Crippen LogP contribution in [0, 0.1) is 13.8 Å². The molecule has 2 amide bonds. The quantitative estimate of drug-likeness (QED) is 0.774. The van der Waals surface area contributed by atoms with E-state index in [1.807, 2.05) is 42.8 Å². The number of hydrogen-bond acceptors (Lipinski definition) is 3. The molecule has 1 unspecified atom stereocenters. The maximum atomic E-state index is 11.8. The zero-order chi connectivity index (χ0) is 18.6. The molecule has 1 aromatic carbocycles. The lowest BCUT2D eigenvalue weighted by molar-refractivity contribution is -0.124. The third kappa shape index (κ3) is 4.70. The number of benzene rings is 1. The Morgan fingerprint density at radius 3 is 2.68 bits per heavy atom. The molecule has 132 valence electrons. The number of carbonyl (C=O) groups is 2. The molecule has 25 heavy (non-hydrogen) atoms. The Balaban J connectivity index is 2.16. The van der Waals surface area contributed by atoms with Crippen LogP contribution in [-0.2, 0) is 16.1 Å². The SMILES string of the molecule is Cc1nn(Cc2ccccc2Cl)c(C)c1/C=C/C(=O)NC(C)C(N)=O. The molecule has 0 bridgehead atoms. The van der Waals surface area contributed by atoms with Gasteiger partial charge in [-0.1, -0.05) is 29.8 Å². The number of halogens is 1. The average Bonchev–Trinajstić information content (AvgIpc) is 2.81. The number of rotatable bonds is 6. The molecule has 3 N–H and O–H groups in total. The van der Waals surface area contributed by atoms with Crippen molar-refractivity contribution in [3.8, 4) is 0 Å². The molecular formula is C18H21ClN4O2. The zero-order valence-electron chi connectivity index (χ0n) is 14.4. The number of carbonyl (C=O) groups excluding carboxylic acids is 2. The van der Waals surface area contributed by atoms with Gasteiger partial charge in [0.1, 0.15) is 6.04 Å². The highest BCUT2D eigenvalue weighted by Crippen LogP contribution is 2.20. The van der Waals surface area contributed by atoms with Gasteiger partial charge in [0, 0.05) is 22.4 Å². The van der Waals surface area contributed by atoms with Gasteiger partial charge in [0.15, 0.2) is 0 Å². The van der Waals surface area contributed by atoms with Crippen LogP contribution in [0.1, 0.15) is 29.4 Å². The Hall–Kier alpha value is -2.60. The van der Waals surface area contributed by atoms with E-state index in [0.717, 1.165) is 22.5 Å². The van der Waals surface area contributed by atoms with E-state index in [-0.39, 0.29) is 5.91 Å². The number of nitrogens with zero attached hydrogens (tertiary/aromatic N) is 2. The molecule has 1 aromatic heterocycles. The zero-order valence-corrected chi connectivity index (χ0v) is 15.2. The molecule has 0 aliphatic rings. The summed E-state index contributed by atoms with van der Waals surface area (Å²) in [4.78, 5) is 22.8. The fraction of sp³-hybridized carbons (Fsp3) is 0.278. The molecule has 7 heteroatoms. The molecule has 0 aliphatic heterocycles. The number of primary amides is 1. The Kier molecular flexibility index (Phi) is 5.98. The maximum Gasteiger partial charge on any atom is 0.244 e. The second-order valence-electron chi connectivity index (χ2n) is 5.80. The predicted molar refractivity (Wildman–Crippen MR) is 98.1 cm³/mol. The fourth-order valence-corrected chi connectivity index (χ4v) is 2.58. The van der Waals surface area contributed by atoms with Crippen LogP contribution in [0.5, 0.6) is 0 Å². The number of amides is 2. The molecule has 2 aromatic rings. The van der Waals surface area contributed by atoms with Crippen LogP contribution >= 0.6 is 11.6 Å². The summed E-state index contributed by atoms with van der Waals surface area (Å²) in [6.07, 6.45) is 3.06. The van der Waals surface area contributed by atoms with Gasteiger partial charge < -0.3 is 11.1 Å². The first-order valence-corrected chi connectivity index (χ1v) is 8.22. The van der Waals surface area contributed by atoms with E-state index in [0.29, 0.717) is 11.6 Å². The smallest absolute Gasteiger partial charge is 0.244 e. The van der Waals surface area contributed by atoms with Crippen molar-refractivity contribution in [3.63, 3.8) is 0 Å².